The van der Waals surface area contributed by atoms with Crippen LogP contribution in [0.5, 0.6) is 11.5 Å². The molecular weight excluding hydrogens is 401 g/mol. The Hall–Kier alpha value is -2.34. The Morgan fingerprint density at radius 2 is 1.82 bits per heavy atom. The Labute approximate surface area is 159 Å². The third-order valence-corrected chi connectivity index (χ3v) is 5.72. The summed E-state index contributed by atoms with van der Waals surface area (Å²) in [5.41, 5.74) is -4.62. The summed E-state index contributed by atoms with van der Waals surface area (Å²) in [6, 6.07) is 3.51. The van der Waals surface area contributed by atoms with Gasteiger partial charge in [0.2, 0.25) is 0 Å². The molecule has 0 atom stereocenters. The molecule has 12 heteroatoms. The maximum Gasteiger partial charge on any atom is 0.511 e. The Morgan fingerprint density at radius 3 is 2.43 bits per heavy atom. The van der Waals surface area contributed by atoms with Crippen LogP contribution in [0.3, 0.4) is 0 Å². The highest BCUT2D eigenvalue weighted by Gasteiger charge is 2.45. The summed E-state index contributed by atoms with van der Waals surface area (Å²) in [6.07, 6.45) is 1.72. The molecule has 154 valence electrons. The van der Waals surface area contributed by atoms with Gasteiger partial charge in [-0.25, -0.2) is 23.1 Å². The molecule has 0 spiro atoms. The first-order chi connectivity index (χ1) is 13.2. The molecule has 2 heterocycles. The fraction of sp³-hybridized carbons (Fsp3) is 0.500. The highest BCUT2D eigenvalue weighted by molar-refractivity contribution is 7.90. The first-order valence-electron chi connectivity index (χ1n) is 8.34. The molecule has 0 unspecified atom stereocenters. The number of methoxy groups -OCH3 is 2. The topological polar surface area (TPSA) is 93.7 Å². The van der Waals surface area contributed by atoms with Crippen LogP contribution in [0.4, 0.5) is 19.0 Å². The number of hydrogen-bond donors (Lipinski definition) is 1. The second kappa shape index (κ2) is 7.59. The minimum absolute atomic E-state index is 0.0566. The second-order valence-corrected chi connectivity index (χ2v) is 8.08. The number of rotatable bonds is 7. The summed E-state index contributed by atoms with van der Waals surface area (Å²) in [5, 5.41) is 0.761. The van der Waals surface area contributed by atoms with Crippen LogP contribution < -0.4 is 19.1 Å². The van der Waals surface area contributed by atoms with Crippen LogP contribution in [-0.4, -0.2) is 57.7 Å². The zero-order valence-electron chi connectivity index (χ0n) is 15.2. The quantitative estimate of drug-likeness (QED) is 0.731. The molecule has 1 saturated heterocycles. The van der Waals surface area contributed by atoms with E-state index in [0.717, 1.165) is 5.39 Å². The van der Waals surface area contributed by atoms with Crippen molar-refractivity contribution in [3.8, 4) is 11.5 Å². The zero-order valence-corrected chi connectivity index (χ0v) is 16.0. The van der Waals surface area contributed by atoms with E-state index in [1.54, 1.807) is 16.9 Å². The first kappa shape index (κ1) is 20.4. The minimum atomic E-state index is -5.30. The Bertz CT molecular complexity index is 962. The number of hydrogen-bond acceptors (Lipinski definition) is 7. The summed E-state index contributed by atoms with van der Waals surface area (Å²) >= 11 is 0. The highest BCUT2D eigenvalue weighted by Crippen LogP contribution is 2.36. The van der Waals surface area contributed by atoms with Crippen LogP contribution in [0, 0.1) is 5.92 Å². The third-order valence-electron chi connectivity index (χ3n) is 4.53. The van der Waals surface area contributed by atoms with Crippen molar-refractivity contribution in [3.63, 3.8) is 0 Å². The summed E-state index contributed by atoms with van der Waals surface area (Å²) in [4.78, 5) is 10.5. The molecule has 1 fully saturated rings. The monoisotopic (exact) mass is 420 g/mol. The van der Waals surface area contributed by atoms with Crippen molar-refractivity contribution in [1.82, 2.24) is 14.7 Å². The van der Waals surface area contributed by atoms with Crippen LogP contribution in [0.15, 0.2) is 18.5 Å². The molecule has 0 amide bonds. The summed E-state index contributed by atoms with van der Waals surface area (Å²) in [6.45, 7) is 0.832. The number of sulfonamides is 1. The van der Waals surface area contributed by atoms with E-state index in [2.05, 4.69) is 9.97 Å². The van der Waals surface area contributed by atoms with Crippen molar-refractivity contribution in [2.24, 2.45) is 5.92 Å². The van der Waals surface area contributed by atoms with Gasteiger partial charge in [0.25, 0.3) is 0 Å². The van der Waals surface area contributed by atoms with Crippen molar-refractivity contribution >= 4 is 26.7 Å². The van der Waals surface area contributed by atoms with E-state index < -0.39 is 15.5 Å². The molecule has 0 aliphatic carbocycles. The van der Waals surface area contributed by atoms with Gasteiger partial charge < -0.3 is 14.4 Å². The predicted molar refractivity (Wildman–Crippen MR) is 95.9 cm³/mol. The van der Waals surface area contributed by atoms with Gasteiger partial charge in [-0.05, 0) is 18.4 Å². The van der Waals surface area contributed by atoms with E-state index in [4.69, 9.17) is 9.47 Å². The van der Waals surface area contributed by atoms with Crippen molar-refractivity contribution in [2.45, 2.75) is 11.9 Å². The lowest BCUT2D eigenvalue weighted by molar-refractivity contribution is -0.0448. The molecule has 1 aromatic heterocycles. The Morgan fingerprint density at radius 1 is 1.18 bits per heavy atom. The zero-order chi connectivity index (χ0) is 20.5. The lowest BCUT2D eigenvalue weighted by atomic mass is 9.96. The summed E-state index contributed by atoms with van der Waals surface area (Å²) < 4.78 is 71.1. The van der Waals surface area contributed by atoms with Crippen LogP contribution in [0.2, 0.25) is 0 Å². The standard InChI is InChI=1S/C16H19F3N4O4S/c1-26-13-5-11-12(6-14(13)27-2)20-9-21-15(11)23-7-10(8-23)3-4-22-28(24,25)16(17,18)19/h5-6,9-10,22H,3-4,7-8H2,1-2H3. The molecule has 0 bridgehead atoms. The van der Waals surface area contributed by atoms with Gasteiger partial charge in [0, 0.05) is 31.1 Å². The van der Waals surface area contributed by atoms with Gasteiger partial charge in [0.05, 0.1) is 19.7 Å². The van der Waals surface area contributed by atoms with Gasteiger partial charge in [0.1, 0.15) is 12.1 Å². The van der Waals surface area contributed by atoms with Gasteiger partial charge in [-0.2, -0.15) is 13.2 Å². The van der Waals surface area contributed by atoms with E-state index in [1.165, 1.54) is 20.5 Å². The number of fused-ring (bicyclic) bond motifs is 1. The van der Waals surface area contributed by atoms with Crippen molar-refractivity contribution < 1.29 is 31.1 Å². The first-order valence-corrected chi connectivity index (χ1v) is 9.82. The van der Waals surface area contributed by atoms with Crippen molar-refractivity contribution in [3.05, 3.63) is 18.5 Å². The number of nitrogens with zero attached hydrogens (tertiary/aromatic N) is 3. The molecular formula is C16H19F3N4O4S. The lowest BCUT2D eigenvalue weighted by Crippen LogP contribution is -2.48. The molecule has 0 radical (unpaired) electrons. The average molecular weight is 420 g/mol. The normalized spacial score (nSPS) is 15.5. The summed E-state index contributed by atoms with van der Waals surface area (Å²) in [5.74, 6) is 1.81. The SMILES string of the molecule is COc1cc2ncnc(N3CC(CCNS(=O)(=O)C(F)(F)F)C3)c2cc1OC. The largest absolute Gasteiger partial charge is 0.511 e. The number of aromatic nitrogens is 2. The number of halogens is 3. The molecule has 2 aromatic rings. The fourth-order valence-electron chi connectivity index (χ4n) is 3.03. The molecule has 1 aromatic carbocycles. The van der Waals surface area contributed by atoms with E-state index >= 15 is 0 Å². The van der Waals surface area contributed by atoms with Crippen molar-refractivity contribution in [1.29, 1.82) is 0 Å². The molecule has 3 rings (SSSR count). The predicted octanol–water partition coefficient (Wildman–Crippen LogP) is 1.91. The highest BCUT2D eigenvalue weighted by atomic mass is 32.2. The maximum absolute atomic E-state index is 12.3. The van der Waals surface area contributed by atoms with Gasteiger partial charge in [-0.1, -0.05) is 0 Å². The van der Waals surface area contributed by atoms with Crippen LogP contribution in [0.25, 0.3) is 10.9 Å². The average Bonchev–Trinajstić information content (AvgIpc) is 2.61. The number of nitrogens with one attached hydrogen (secondary N) is 1. The third kappa shape index (κ3) is 3.92. The van der Waals surface area contributed by atoms with Crippen LogP contribution in [-0.2, 0) is 10.0 Å². The van der Waals surface area contributed by atoms with Crippen LogP contribution in [0.1, 0.15) is 6.42 Å². The maximum atomic E-state index is 12.3. The molecule has 1 aliphatic heterocycles. The minimum Gasteiger partial charge on any atom is -0.493 e. The Balaban J connectivity index is 1.65. The molecule has 1 N–H and O–H groups in total. The Kier molecular flexibility index (Phi) is 5.53. The van der Waals surface area contributed by atoms with Gasteiger partial charge in [-0.3, -0.25) is 0 Å². The van der Waals surface area contributed by atoms with Crippen molar-refractivity contribution in [2.75, 3.05) is 38.8 Å². The van der Waals surface area contributed by atoms with Gasteiger partial charge in [0.15, 0.2) is 11.5 Å². The van der Waals surface area contributed by atoms with E-state index in [1.807, 2.05) is 4.90 Å². The molecule has 8 nitrogen and oxygen atoms in total. The number of anilines is 1. The van der Waals surface area contributed by atoms with E-state index in [-0.39, 0.29) is 12.5 Å². The number of alkyl halides is 3. The van der Waals surface area contributed by atoms with E-state index in [0.29, 0.717) is 42.3 Å². The number of benzene rings is 1. The molecule has 28 heavy (non-hydrogen) atoms. The number of ether oxygens (including phenoxy) is 2. The fourth-order valence-corrected chi connectivity index (χ4v) is 3.58. The molecule has 1 aliphatic rings. The van der Waals surface area contributed by atoms with Crippen LogP contribution >= 0.6 is 0 Å². The van der Waals surface area contributed by atoms with E-state index in [9.17, 15) is 21.6 Å². The second-order valence-electron chi connectivity index (χ2n) is 6.32. The summed E-state index contributed by atoms with van der Waals surface area (Å²) in [7, 11) is -2.25. The smallest absolute Gasteiger partial charge is 0.493 e. The lowest BCUT2D eigenvalue weighted by Gasteiger charge is -2.40. The molecule has 0 saturated carbocycles. The van der Waals surface area contributed by atoms with Gasteiger partial charge >= 0.3 is 15.5 Å². The van der Waals surface area contributed by atoms with Gasteiger partial charge in [-0.15, -0.1) is 0 Å².